The van der Waals surface area contributed by atoms with Crippen molar-refractivity contribution in [2.24, 2.45) is 0 Å². The summed E-state index contributed by atoms with van der Waals surface area (Å²) >= 11 is 0. The Bertz CT molecular complexity index is 1030. The third-order valence-corrected chi connectivity index (χ3v) is 3.68. The normalized spacial score (nSPS) is 12.5. The van der Waals surface area contributed by atoms with Crippen LogP contribution in [0, 0.1) is 0 Å². The number of aromatic hydroxyl groups is 3. The summed E-state index contributed by atoms with van der Waals surface area (Å²) in [6.45, 7) is 0. The molecule has 0 spiro atoms. The number of ether oxygens (including phenoxy) is 3. The first-order valence-electron chi connectivity index (χ1n) is 8.60. The molecule has 0 saturated carbocycles. The molecule has 2 aromatic carbocycles. The van der Waals surface area contributed by atoms with Crippen molar-refractivity contribution in [3.63, 3.8) is 0 Å². The Kier molecular flexibility index (Phi) is 4.36. The number of hydrogen-bond donors (Lipinski definition) is 3. The van der Waals surface area contributed by atoms with Crippen molar-refractivity contribution >= 4 is 11.0 Å². The van der Waals surface area contributed by atoms with Gasteiger partial charge in [-0.25, -0.2) is 4.42 Å². The van der Waals surface area contributed by atoms with E-state index in [0.717, 1.165) is 6.07 Å². The Hall–Kier alpha value is -3.06. The van der Waals surface area contributed by atoms with Gasteiger partial charge in [0.15, 0.2) is 11.5 Å². The summed E-state index contributed by atoms with van der Waals surface area (Å²) < 4.78 is 42.2. The zero-order valence-electron chi connectivity index (χ0n) is 16.7. The molecule has 1 heterocycles. The summed E-state index contributed by atoms with van der Waals surface area (Å²) in [5.74, 6) is -0.830. The van der Waals surface area contributed by atoms with E-state index in [1.807, 2.05) is 0 Å². The van der Waals surface area contributed by atoms with Crippen LogP contribution in [-0.4, -0.2) is 36.6 Å². The van der Waals surface area contributed by atoms with E-state index in [1.54, 1.807) is 0 Å². The van der Waals surface area contributed by atoms with E-state index in [2.05, 4.69) is 0 Å². The molecule has 0 atom stereocenters. The highest BCUT2D eigenvalue weighted by Gasteiger charge is 2.26. The molecule has 26 heavy (non-hydrogen) atoms. The van der Waals surface area contributed by atoms with Crippen LogP contribution in [0.15, 0.2) is 34.7 Å². The molecule has 0 aliphatic heterocycles. The molecule has 0 saturated heterocycles. The fourth-order valence-corrected chi connectivity index (χ4v) is 2.47. The predicted molar refractivity (Wildman–Crippen MR) is 90.7 cm³/mol. The molecule has 0 aliphatic rings. The lowest BCUT2D eigenvalue weighted by molar-refractivity contribution is -0.00000910. The number of phenolic OH excluding ortho intramolecular Hbond substituents is 2. The van der Waals surface area contributed by atoms with Crippen molar-refractivity contribution in [2.75, 3.05) is 21.3 Å². The highest BCUT2D eigenvalue weighted by molar-refractivity contribution is 5.88. The Morgan fingerprint density at radius 1 is 0.885 bits per heavy atom. The average molecular weight is 384 g/mol. The molecule has 7 nitrogen and oxygen atoms in total. The second kappa shape index (κ2) is 7.45. The molecule has 0 unspecified atom stereocenters. The van der Waals surface area contributed by atoms with E-state index in [-0.39, 0.29) is 63.6 Å². The van der Waals surface area contributed by atoms with Gasteiger partial charge in [-0.15, -0.1) is 0 Å². The molecule has 3 aromatic rings. The van der Waals surface area contributed by atoms with Crippen LogP contribution in [0.4, 0.5) is 0 Å². The number of fused-ring (bicyclic) bond motifs is 1. The van der Waals surface area contributed by atoms with Crippen LogP contribution >= 0.6 is 0 Å². The fraction of sp³-hybridized carbons (Fsp3) is 0.167. The average Bonchev–Trinajstić information content (AvgIpc) is 2.61. The van der Waals surface area contributed by atoms with Gasteiger partial charge in [0.2, 0.25) is 11.5 Å². The van der Waals surface area contributed by atoms with E-state index >= 15 is 0 Å². The zero-order chi connectivity index (χ0) is 20.6. The highest BCUT2D eigenvalue weighted by Crippen LogP contribution is 2.44. The van der Waals surface area contributed by atoms with Crippen LogP contribution in [0.2, 0.25) is 0 Å². The van der Waals surface area contributed by atoms with Gasteiger partial charge in [0.25, 0.3) is 0 Å². The van der Waals surface area contributed by atoms with Crippen LogP contribution in [0.3, 0.4) is 0 Å². The van der Waals surface area contributed by atoms with Crippen LogP contribution in [0.1, 0.15) is 4.11 Å². The van der Waals surface area contributed by atoms with Gasteiger partial charge in [0, 0.05) is 24.3 Å². The fourth-order valence-electron chi connectivity index (χ4n) is 2.47. The topological polar surface area (TPSA) is 99.7 Å². The molecule has 0 aliphatic carbocycles. The summed E-state index contributed by atoms with van der Waals surface area (Å²) in [4.78, 5) is 0. The van der Waals surface area contributed by atoms with Crippen molar-refractivity contribution in [3.05, 3.63) is 30.3 Å². The third kappa shape index (κ3) is 3.21. The zero-order valence-corrected chi connectivity index (χ0v) is 14.5. The van der Waals surface area contributed by atoms with E-state index in [4.69, 9.17) is 22.7 Å². The Labute approximate surface area is 159 Å². The first-order valence-corrected chi connectivity index (χ1v) is 7.10. The monoisotopic (exact) mass is 383 g/mol. The molecule has 0 bridgehead atoms. The Morgan fingerprint density at radius 2 is 1.54 bits per heavy atom. The predicted octanol–water partition coefficient (Wildman–Crippen LogP) is 0.527. The second-order valence-corrected chi connectivity index (χ2v) is 5.15. The van der Waals surface area contributed by atoms with Crippen LogP contribution < -0.4 is 26.6 Å². The quantitative estimate of drug-likeness (QED) is 0.565. The number of methoxy groups -OCH3 is 3. The van der Waals surface area contributed by atoms with Crippen molar-refractivity contribution in [2.45, 2.75) is 0 Å². The van der Waals surface area contributed by atoms with Gasteiger partial charge in [0.1, 0.15) is 16.9 Å². The summed E-state index contributed by atoms with van der Waals surface area (Å²) in [7, 11) is -0.00414. The minimum atomic E-state index is -2.71. The Morgan fingerprint density at radius 3 is 2.12 bits per heavy atom. The summed E-state index contributed by atoms with van der Waals surface area (Å²) in [5, 5.41) is 30.7. The smallest absolute Gasteiger partial charge is 0.402 e. The van der Waals surface area contributed by atoms with Crippen molar-refractivity contribution in [3.8, 4) is 45.8 Å². The molecular weight excluding hydrogens is 364 g/mol. The SMILES string of the molecule is [2H]C([2H])([2H])Oc1cc(O)c2cc(O)c(-c3cc(OC)c(O)c(OC)c3)[o+]c2c1.[Cl-]. The van der Waals surface area contributed by atoms with Crippen molar-refractivity contribution in [1.29, 1.82) is 0 Å². The summed E-state index contributed by atoms with van der Waals surface area (Å²) in [5.41, 5.74) is 0.380. The Balaban J connectivity index is 0.00000300. The largest absolute Gasteiger partial charge is 1.00 e. The number of rotatable bonds is 4. The maximum atomic E-state index is 10.4. The number of benzene rings is 2. The van der Waals surface area contributed by atoms with Gasteiger partial charge in [-0.3, -0.25) is 0 Å². The second-order valence-electron chi connectivity index (χ2n) is 5.15. The van der Waals surface area contributed by atoms with E-state index in [1.165, 1.54) is 38.5 Å². The van der Waals surface area contributed by atoms with Crippen LogP contribution in [0.25, 0.3) is 22.3 Å². The lowest BCUT2D eigenvalue weighted by Gasteiger charge is -2.09. The molecule has 0 radical (unpaired) electrons. The third-order valence-electron chi connectivity index (χ3n) is 3.68. The molecule has 0 fully saturated rings. The molecule has 0 amide bonds. The van der Waals surface area contributed by atoms with E-state index in [9.17, 15) is 15.3 Å². The summed E-state index contributed by atoms with van der Waals surface area (Å²) in [6.07, 6.45) is 0. The first kappa shape index (κ1) is 15.2. The highest BCUT2D eigenvalue weighted by atomic mass is 35.5. The van der Waals surface area contributed by atoms with E-state index in [0.29, 0.717) is 5.56 Å². The molecular formula is C18H17ClO7. The van der Waals surface area contributed by atoms with Crippen LogP contribution in [-0.2, 0) is 0 Å². The minimum absolute atomic E-state index is 0. The molecule has 3 rings (SSSR count). The summed E-state index contributed by atoms with van der Waals surface area (Å²) in [6, 6.07) is 6.49. The standard InChI is InChI=1S/C18H16O7.ClH/c1-22-10-6-12(19)11-8-13(20)18(25-14(11)7-10)9-4-15(23-2)17(21)16(5-9)24-3;/h4-8H,1-3H3,(H2-,19,20,21);1H/i1D3;. The minimum Gasteiger partial charge on any atom is -1.00 e. The molecule has 138 valence electrons. The van der Waals surface area contributed by atoms with Crippen molar-refractivity contribution in [1.82, 2.24) is 0 Å². The van der Waals surface area contributed by atoms with Gasteiger partial charge in [-0.1, -0.05) is 0 Å². The van der Waals surface area contributed by atoms with Gasteiger partial charge in [0.05, 0.1) is 37.0 Å². The number of phenols is 2. The van der Waals surface area contributed by atoms with Gasteiger partial charge < -0.3 is 41.9 Å². The van der Waals surface area contributed by atoms with Gasteiger partial charge >= 0.3 is 11.3 Å². The maximum Gasteiger partial charge on any atom is 0.402 e. The lowest BCUT2D eigenvalue weighted by Crippen LogP contribution is -3.00. The molecule has 8 heteroatoms. The van der Waals surface area contributed by atoms with E-state index < -0.39 is 7.04 Å². The number of halogens is 1. The maximum absolute atomic E-state index is 10.4. The van der Waals surface area contributed by atoms with Crippen LogP contribution in [0.5, 0.6) is 34.5 Å². The van der Waals surface area contributed by atoms with Gasteiger partial charge in [-0.05, 0) is 0 Å². The number of hydrogen-bond acceptors (Lipinski definition) is 6. The molecule has 3 N–H and O–H groups in total. The van der Waals surface area contributed by atoms with Gasteiger partial charge in [-0.2, -0.15) is 0 Å². The van der Waals surface area contributed by atoms with Crippen molar-refractivity contribution < 1.29 is 50.5 Å². The first-order chi connectivity index (χ1) is 13.1. The lowest BCUT2D eigenvalue weighted by atomic mass is 10.1. The molecule has 1 aromatic heterocycles.